The second-order valence-electron chi connectivity index (χ2n) is 4.62. The number of nitrogens with one attached hydrogen (secondary N) is 1. The fourth-order valence-corrected chi connectivity index (χ4v) is 2.52. The summed E-state index contributed by atoms with van der Waals surface area (Å²) in [6.07, 6.45) is -5.87. The summed E-state index contributed by atoms with van der Waals surface area (Å²) in [6, 6.07) is 3.78. The van der Waals surface area contributed by atoms with Crippen LogP contribution >= 0.6 is 0 Å². The quantitative estimate of drug-likeness (QED) is 0.801. The van der Waals surface area contributed by atoms with Gasteiger partial charge in [0.15, 0.2) is 0 Å². The maximum absolute atomic E-state index is 13.2. The molecule has 1 aromatic carbocycles. The maximum Gasteiger partial charge on any atom is 0.573 e. The molecule has 1 aromatic rings. The summed E-state index contributed by atoms with van der Waals surface area (Å²) < 4.78 is 58.9. The van der Waals surface area contributed by atoms with E-state index in [1.807, 2.05) is 0 Å². The normalized spacial score (nSPS) is 29.4. The lowest BCUT2D eigenvalue weighted by atomic mass is 9.96. The first kappa shape index (κ1) is 12.5. The van der Waals surface area contributed by atoms with Crippen LogP contribution in [0.1, 0.15) is 18.0 Å². The average Bonchev–Trinajstić information content (AvgIpc) is 2.62. The molecule has 0 bridgehead atoms. The second-order valence-corrected chi connectivity index (χ2v) is 4.62. The topological polar surface area (TPSA) is 30.5 Å². The van der Waals surface area contributed by atoms with Gasteiger partial charge in [-0.3, -0.25) is 0 Å². The Hall–Kier alpha value is -1.50. The highest BCUT2D eigenvalue weighted by molar-refractivity contribution is 5.46. The molecule has 0 saturated carbocycles. The van der Waals surface area contributed by atoms with Crippen LogP contribution in [0.2, 0.25) is 0 Å². The van der Waals surface area contributed by atoms with E-state index in [-0.39, 0.29) is 30.9 Å². The van der Waals surface area contributed by atoms with Gasteiger partial charge in [-0.05, 0) is 12.1 Å². The third-order valence-corrected chi connectivity index (χ3v) is 3.25. The Morgan fingerprint density at radius 3 is 2.84 bits per heavy atom. The number of benzene rings is 1. The zero-order chi connectivity index (χ0) is 13.6. The summed E-state index contributed by atoms with van der Waals surface area (Å²) in [6.45, 7) is 0.227. The van der Waals surface area contributed by atoms with Crippen LogP contribution in [0, 0.1) is 0 Å². The average molecular weight is 277 g/mol. The van der Waals surface area contributed by atoms with Crippen molar-refractivity contribution in [1.82, 2.24) is 5.32 Å². The van der Waals surface area contributed by atoms with Crippen molar-refractivity contribution in [3.05, 3.63) is 23.8 Å². The Morgan fingerprint density at radius 2 is 2.11 bits per heavy atom. The fraction of sp³-hybridized carbons (Fsp3) is 0.500. The number of rotatable bonds is 1. The Kier molecular flexibility index (Phi) is 2.81. The minimum Gasteiger partial charge on any atom is -0.488 e. The summed E-state index contributed by atoms with van der Waals surface area (Å²) in [5.74, 6) is -0.0138. The van der Waals surface area contributed by atoms with E-state index < -0.39 is 12.5 Å². The van der Waals surface area contributed by atoms with Crippen molar-refractivity contribution in [1.29, 1.82) is 0 Å². The predicted molar refractivity (Wildman–Crippen MR) is 57.8 cm³/mol. The monoisotopic (exact) mass is 277 g/mol. The van der Waals surface area contributed by atoms with Gasteiger partial charge in [-0.25, -0.2) is 4.39 Å². The SMILES string of the molecule is F[C@H]1CN[C@H]2c3ccc(OC(F)(F)F)cc3OC2C1. The van der Waals surface area contributed by atoms with Crippen molar-refractivity contribution in [2.24, 2.45) is 0 Å². The van der Waals surface area contributed by atoms with Crippen molar-refractivity contribution < 1.29 is 27.0 Å². The highest BCUT2D eigenvalue weighted by Gasteiger charge is 2.40. The summed E-state index contributed by atoms with van der Waals surface area (Å²) in [7, 11) is 0. The molecule has 0 aliphatic carbocycles. The highest BCUT2D eigenvalue weighted by atomic mass is 19.4. The first-order valence-corrected chi connectivity index (χ1v) is 5.86. The number of ether oxygens (including phenoxy) is 2. The molecule has 3 rings (SSSR count). The number of hydrogen-bond acceptors (Lipinski definition) is 3. The van der Waals surface area contributed by atoms with Crippen molar-refractivity contribution in [2.45, 2.75) is 31.1 Å². The van der Waals surface area contributed by atoms with E-state index in [9.17, 15) is 17.6 Å². The summed E-state index contributed by atoms with van der Waals surface area (Å²) >= 11 is 0. The lowest BCUT2D eigenvalue weighted by molar-refractivity contribution is -0.274. The highest BCUT2D eigenvalue weighted by Crippen LogP contribution is 2.42. The first-order chi connectivity index (χ1) is 8.92. The molecular weight excluding hydrogens is 266 g/mol. The zero-order valence-electron chi connectivity index (χ0n) is 9.71. The summed E-state index contributed by atoms with van der Waals surface area (Å²) in [5.41, 5.74) is 0.742. The number of fused-ring (bicyclic) bond motifs is 3. The molecule has 2 aliphatic rings. The Balaban J connectivity index is 1.83. The van der Waals surface area contributed by atoms with Crippen molar-refractivity contribution in [2.75, 3.05) is 6.54 Å². The molecule has 19 heavy (non-hydrogen) atoms. The van der Waals surface area contributed by atoms with Gasteiger partial charge in [-0.2, -0.15) is 0 Å². The van der Waals surface area contributed by atoms with Gasteiger partial charge in [0.25, 0.3) is 0 Å². The molecule has 1 fully saturated rings. The van der Waals surface area contributed by atoms with E-state index in [2.05, 4.69) is 10.1 Å². The lowest BCUT2D eigenvalue weighted by Gasteiger charge is -2.27. The lowest BCUT2D eigenvalue weighted by Crippen LogP contribution is -2.42. The third-order valence-electron chi connectivity index (χ3n) is 3.25. The molecule has 3 nitrogen and oxygen atoms in total. The molecule has 0 spiro atoms. The molecule has 0 amide bonds. The zero-order valence-corrected chi connectivity index (χ0v) is 9.71. The van der Waals surface area contributed by atoms with Gasteiger partial charge in [0.1, 0.15) is 23.8 Å². The number of hydrogen-bond donors (Lipinski definition) is 1. The van der Waals surface area contributed by atoms with Crippen LogP contribution < -0.4 is 14.8 Å². The van der Waals surface area contributed by atoms with Crippen LogP contribution in [0.15, 0.2) is 18.2 Å². The molecule has 1 unspecified atom stereocenters. The van der Waals surface area contributed by atoms with Gasteiger partial charge >= 0.3 is 6.36 Å². The minimum absolute atomic E-state index is 0.165. The van der Waals surface area contributed by atoms with Gasteiger partial charge in [0, 0.05) is 24.6 Å². The van der Waals surface area contributed by atoms with E-state index >= 15 is 0 Å². The van der Waals surface area contributed by atoms with E-state index in [0.29, 0.717) is 5.75 Å². The molecule has 1 saturated heterocycles. The van der Waals surface area contributed by atoms with Crippen molar-refractivity contribution in [3.63, 3.8) is 0 Å². The minimum atomic E-state index is -4.73. The van der Waals surface area contributed by atoms with Crippen molar-refractivity contribution >= 4 is 0 Å². The predicted octanol–water partition coefficient (Wildman–Crippen LogP) is 2.72. The van der Waals surface area contributed by atoms with Gasteiger partial charge in [0.05, 0.1) is 6.04 Å². The summed E-state index contributed by atoms with van der Waals surface area (Å²) in [4.78, 5) is 0. The smallest absolute Gasteiger partial charge is 0.488 e. The third kappa shape index (κ3) is 2.47. The largest absolute Gasteiger partial charge is 0.573 e. The van der Waals surface area contributed by atoms with E-state index in [1.165, 1.54) is 18.2 Å². The Bertz CT molecular complexity index is 491. The maximum atomic E-state index is 13.2. The molecule has 3 atom stereocenters. The standard InChI is InChI=1S/C12H11F4NO2/c13-6-3-10-11(17-5-6)8-2-1-7(4-9(8)18-10)19-12(14,15)16/h1-2,4,6,10-11,17H,3,5H2/t6-,10?,11+/m1/s1. The Labute approximate surface area is 106 Å². The molecule has 2 heterocycles. The molecule has 0 aromatic heterocycles. The van der Waals surface area contributed by atoms with Crippen LogP contribution in [0.5, 0.6) is 11.5 Å². The van der Waals surface area contributed by atoms with Crippen LogP contribution in [0.25, 0.3) is 0 Å². The molecule has 1 N–H and O–H groups in total. The van der Waals surface area contributed by atoms with Crippen LogP contribution in [0.4, 0.5) is 17.6 Å². The van der Waals surface area contributed by atoms with Crippen LogP contribution in [-0.2, 0) is 0 Å². The molecular formula is C12H11F4NO2. The van der Waals surface area contributed by atoms with Gasteiger partial charge in [0.2, 0.25) is 0 Å². The second kappa shape index (κ2) is 4.26. The molecule has 7 heteroatoms. The van der Waals surface area contributed by atoms with Gasteiger partial charge in [-0.15, -0.1) is 13.2 Å². The Morgan fingerprint density at radius 1 is 1.32 bits per heavy atom. The molecule has 104 valence electrons. The van der Waals surface area contributed by atoms with Gasteiger partial charge < -0.3 is 14.8 Å². The molecule has 0 radical (unpaired) electrons. The first-order valence-electron chi connectivity index (χ1n) is 5.86. The molecule has 2 aliphatic heterocycles. The van der Waals surface area contributed by atoms with Crippen LogP contribution in [0.3, 0.4) is 0 Å². The number of alkyl halides is 4. The van der Waals surface area contributed by atoms with E-state index in [0.717, 1.165) is 5.56 Å². The van der Waals surface area contributed by atoms with E-state index in [1.54, 1.807) is 0 Å². The number of halogens is 4. The van der Waals surface area contributed by atoms with Gasteiger partial charge in [-0.1, -0.05) is 0 Å². The van der Waals surface area contributed by atoms with Crippen molar-refractivity contribution in [3.8, 4) is 11.5 Å². The number of piperidine rings is 1. The van der Waals surface area contributed by atoms with E-state index in [4.69, 9.17) is 4.74 Å². The van der Waals surface area contributed by atoms with Crippen LogP contribution in [-0.4, -0.2) is 25.2 Å². The summed E-state index contributed by atoms with van der Waals surface area (Å²) in [5, 5.41) is 2.99. The fourth-order valence-electron chi connectivity index (χ4n) is 2.52.